The van der Waals surface area contributed by atoms with Crippen LogP contribution >= 0.6 is 0 Å². The Morgan fingerprint density at radius 2 is 0.964 bits per heavy atom. The second-order valence-corrected chi connectivity index (χ2v) is 5.44. The van der Waals surface area contributed by atoms with Crippen LogP contribution < -0.4 is 0 Å². The Morgan fingerprint density at radius 1 is 0.571 bits per heavy atom. The average molecular weight is 393 g/mol. The van der Waals surface area contributed by atoms with Crippen molar-refractivity contribution < 1.29 is 26.3 Å². The summed E-state index contributed by atoms with van der Waals surface area (Å²) in [4.78, 5) is 11.5. The summed E-state index contributed by atoms with van der Waals surface area (Å²) in [6, 6.07) is 6.42. The van der Waals surface area contributed by atoms with Crippen molar-refractivity contribution in [2.75, 3.05) is 0 Å². The topological polar surface area (TPSA) is 37.6 Å². The van der Waals surface area contributed by atoms with Crippen molar-refractivity contribution in [1.29, 1.82) is 0 Å². The lowest BCUT2D eigenvalue weighted by atomic mass is 10.2. The number of aliphatic imine (C=N–C) groups is 2. The SMILES string of the molecule is Fc1cc(F)c(N=Cc2cccc(C=Nc3cc(F)c(F)cc3F)n2)cc1F. The molecule has 0 saturated carbocycles. The summed E-state index contributed by atoms with van der Waals surface area (Å²) in [5.41, 5.74) is -0.440. The maximum atomic E-state index is 13.6. The molecule has 0 aliphatic carbocycles. The molecule has 28 heavy (non-hydrogen) atoms. The monoisotopic (exact) mass is 393 g/mol. The van der Waals surface area contributed by atoms with Crippen LogP contribution in [0.25, 0.3) is 0 Å². The quantitative estimate of drug-likeness (QED) is 0.331. The van der Waals surface area contributed by atoms with E-state index in [0.29, 0.717) is 24.3 Å². The molecule has 9 heteroatoms. The Bertz CT molecular complexity index is 1010. The Kier molecular flexibility index (Phi) is 5.53. The first-order valence-corrected chi connectivity index (χ1v) is 7.68. The molecular weight excluding hydrogens is 384 g/mol. The molecule has 0 aliphatic rings. The minimum absolute atomic E-state index is 0.207. The molecule has 3 aromatic rings. The maximum Gasteiger partial charge on any atom is 0.161 e. The van der Waals surface area contributed by atoms with Crippen molar-refractivity contribution in [1.82, 2.24) is 4.98 Å². The van der Waals surface area contributed by atoms with Crippen LogP contribution in [0.5, 0.6) is 0 Å². The van der Waals surface area contributed by atoms with Gasteiger partial charge in [-0.1, -0.05) is 6.07 Å². The minimum Gasteiger partial charge on any atom is -0.251 e. The Labute approximate surface area is 154 Å². The zero-order valence-corrected chi connectivity index (χ0v) is 13.8. The van der Waals surface area contributed by atoms with Gasteiger partial charge in [-0.05, 0) is 12.1 Å². The highest BCUT2D eigenvalue weighted by Gasteiger charge is 2.09. The molecule has 0 radical (unpaired) electrons. The standard InChI is InChI=1S/C19H9F6N3/c20-12-4-16(24)18(6-14(12)22)26-8-10-2-1-3-11(28-10)9-27-19-7-15(23)13(21)5-17(19)25/h1-9H. The molecule has 0 bridgehead atoms. The number of rotatable bonds is 4. The summed E-state index contributed by atoms with van der Waals surface area (Å²) in [6.45, 7) is 0. The third-order valence-electron chi connectivity index (χ3n) is 3.44. The molecular formula is C19H9F6N3. The van der Waals surface area contributed by atoms with Crippen LogP contribution in [0.1, 0.15) is 11.4 Å². The van der Waals surface area contributed by atoms with Gasteiger partial charge in [0.05, 0.1) is 23.8 Å². The molecule has 0 aliphatic heterocycles. The summed E-state index contributed by atoms with van der Waals surface area (Å²) < 4.78 is 79.3. The van der Waals surface area contributed by atoms with E-state index < -0.39 is 46.3 Å². The van der Waals surface area contributed by atoms with Gasteiger partial charge in [0, 0.05) is 24.3 Å². The Balaban J connectivity index is 1.83. The van der Waals surface area contributed by atoms with Crippen molar-refractivity contribution in [3.63, 3.8) is 0 Å². The molecule has 0 spiro atoms. The van der Waals surface area contributed by atoms with Gasteiger partial charge in [-0.3, -0.25) is 9.98 Å². The Hall–Kier alpha value is -3.49. The first-order valence-electron chi connectivity index (χ1n) is 7.68. The average Bonchev–Trinajstić information content (AvgIpc) is 2.66. The van der Waals surface area contributed by atoms with Crippen LogP contribution in [0, 0.1) is 34.9 Å². The van der Waals surface area contributed by atoms with Crippen molar-refractivity contribution >= 4 is 23.8 Å². The molecule has 0 unspecified atom stereocenters. The zero-order chi connectivity index (χ0) is 20.3. The third kappa shape index (κ3) is 4.43. The molecule has 142 valence electrons. The lowest BCUT2D eigenvalue weighted by Gasteiger charge is -2.00. The van der Waals surface area contributed by atoms with Gasteiger partial charge in [0.15, 0.2) is 34.9 Å². The molecule has 3 nitrogen and oxygen atoms in total. The van der Waals surface area contributed by atoms with Crippen LogP contribution in [-0.2, 0) is 0 Å². The van der Waals surface area contributed by atoms with Crippen molar-refractivity contribution in [2.45, 2.75) is 0 Å². The lowest BCUT2D eigenvalue weighted by Crippen LogP contribution is -1.94. The van der Waals surface area contributed by atoms with Crippen LogP contribution in [0.2, 0.25) is 0 Å². The molecule has 0 N–H and O–H groups in total. The first-order chi connectivity index (χ1) is 13.3. The normalized spacial score (nSPS) is 11.6. The van der Waals surface area contributed by atoms with Gasteiger partial charge in [0.2, 0.25) is 0 Å². The molecule has 3 rings (SSSR count). The van der Waals surface area contributed by atoms with Gasteiger partial charge in [-0.25, -0.2) is 31.3 Å². The van der Waals surface area contributed by atoms with Gasteiger partial charge in [0.1, 0.15) is 11.4 Å². The number of aromatic nitrogens is 1. The van der Waals surface area contributed by atoms with E-state index in [-0.39, 0.29) is 11.4 Å². The van der Waals surface area contributed by atoms with E-state index in [1.807, 2.05) is 0 Å². The number of halogens is 6. The van der Waals surface area contributed by atoms with Gasteiger partial charge >= 0.3 is 0 Å². The van der Waals surface area contributed by atoms with Gasteiger partial charge in [-0.2, -0.15) is 0 Å². The van der Waals surface area contributed by atoms with Crippen molar-refractivity contribution in [3.05, 3.63) is 88.8 Å². The van der Waals surface area contributed by atoms with Crippen LogP contribution in [0.15, 0.2) is 52.4 Å². The highest BCUT2D eigenvalue weighted by molar-refractivity contribution is 5.84. The van der Waals surface area contributed by atoms with E-state index in [2.05, 4.69) is 15.0 Å². The highest BCUT2D eigenvalue weighted by atomic mass is 19.2. The van der Waals surface area contributed by atoms with E-state index in [9.17, 15) is 26.3 Å². The summed E-state index contributed by atoms with van der Waals surface area (Å²) >= 11 is 0. The smallest absolute Gasteiger partial charge is 0.161 e. The number of benzene rings is 2. The number of nitrogens with zero attached hydrogens (tertiary/aromatic N) is 3. The van der Waals surface area contributed by atoms with Crippen molar-refractivity contribution in [3.8, 4) is 0 Å². The van der Waals surface area contributed by atoms with E-state index in [1.165, 1.54) is 18.2 Å². The van der Waals surface area contributed by atoms with Gasteiger partial charge < -0.3 is 0 Å². The number of pyridine rings is 1. The first kappa shape index (κ1) is 19.3. The second-order valence-electron chi connectivity index (χ2n) is 5.44. The summed E-state index contributed by atoms with van der Waals surface area (Å²) in [5.74, 6) is -7.29. The third-order valence-corrected chi connectivity index (χ3v) is 3.44. The predicted molar refractivity (Wildman–Crippen MR) is 91.4 cm³/mol. The summed E-state index contributed by atoms with van der Waals surface area (Å²) in [5, 5.41) is 0. The second kappa shape index (κ2) is 8.03. The summed E-state index contributed by atoms with van der Waals surface area (Å²) in [7, 11) is 0. The zero-order valence-electron chi connectivity index (χ0n) is 13.8. The molecule has 0 amide bonds. The maximum absolute atomic E-state index is 13.6. The number of hydrogen-bond acceptors (Lipinski definition) is 3. The van der Waals surface area contributed by atoms with E-state index in [4.69, 9.17) is 0 Å². The van der Waals surface area contributed by atoms with Crippen LogP contribution in [-0.4, -0.2) is 17.4 Å². The molecule has 1 heterocycles. The molecule has 0 saturated heterocycles. The van der Waals surface area contributed by atoms with E-state index in [0.717, 1.165) is 12.4 Å². The fourth-order valence-electron chi connectivity index (χ4n) is 2.11. The molecule has 0 atom stereocenters. The van der Waals surface area contributed by atoms with Crippen LogP contribution in [0.4, 0.5) is 37.7 Å². The fourth-order valence-corrected chi connectivity index (χ4v) is 2.11. The lowest BCUT2D eigenvalue weighted by molar-refractivity contribution is 0.496. The van der Waals surface area contributed by atoms with Gasteiger partial charge in [0.25, 0.3) is 0 Å². The van der Waals surface area contributed by atoms with Crippen LogP contribution in [0.3, 0.4) is 0 Å². The number of hydrogen-bond donors (Lipinski definition) is 0. The minimum atomic E-state index is -1.34. The molecule has 0 fully saturated rings. The highest BCUT2D eigenvalue weighted by Crippen LogP contribution is 2.22. The molecule has 1 aromatic heterocycles. The predicted octanol–water partition coefficient (Wildman–Crippen LogP) is 5.42. The van der Waals surface area contributed by atoms with E-state index >= 15 is 0 Å². The summed E-state index contributed by atoms with van der Waals surface area (Å²) in [6.07, 6.45) is 2.20. The Morgan fingerprint density at radius 3 is 1.39 bits per heavy atom. The van der Waals surface area contributed by atoms with Gasteiger partial charge in [-0.15, -0.1) is 0 Å². The van der Waals surface area contributed by atoms with E-state index in [1.54, 1.807) is 0 Å². The largest absolute Gasteiger partial charge is 0.251 e. The fraction of sp³-hybridized carbons (Fsp3) is 0. The molecule has 2 aromatic carbocycles. The van der Waals surface area contributed by atoms with Crippen molar-refractivity contribution in [2.24, 2.45) is 9.98 Å².